The highest BCUT2D eigenvalue weighted by atomic mass is 32.2. The Hall–Kier alpha value is -1.94. The predicted molar refractivity (Wildman–Crippen MR) is 86.8 cm³/mol. The van der Waals surface area contributed by atoms with Crippen molar-refractivity contribution in [2.24, 2.45) is 0 Å². The quantitative estimate of drug-likeness (QED) is 0.823. The summed E-state index contributed by atoms with van der Waals surface area (Å²) >= 11 is 1.78. The molecule has 106 valence electrons. The Morgan fingerprint density at radius 3 is 3.00 bits per heavy atom. The first-order valence-corrected chi connectivity index (χ1v) is 8.14. The molecule has 1 unspecified atom stereocenters. The van der Waals surface area contributed by atoms with Gasteiger partial charge in [-0.1, -0.05) is 24.3 Å². The summed E-state index contributed by atoms with van der Waals surface area (Å²) in [6.45, 7) is 0.765. The first kappa shape index (κ1) is 12.8. The number of benzene rings is 2. The second kappa shape index (κ2) is 4.81. The van der Waals surface area contributed by atoms with Gasteiger partial charge < -0.3 is 10.6 Å². The Kier molecular flexibility index (Phi) is 2.93. The number of hydrogen-bond donors (Lipinski definition) is 1. The van der Waals surface area contributed by atoms with Crippen LogP contribution in [0.4, 0.5) is 11.4 Å². The molecule has 2 heterocycles. The molecule has 0 fully saturated rings. The van der Waals surface area contributed by atoms with E-state index in [1.165, 1.54) is 16.0 Å². The summed E-state index contributed by atoms with van der Waals surface area (Å²) in [5, 5.41) is 0. The molecule has 0 spiro atoms. The topological polar surface area (TPSA) is 46.3 Å². The molecule has 0 saturated carbocycles. The summed E-state index contributed by atoms with van der Waals surface area (Å²) in [5.41, 5.74) is 9.98. The van der Waals surface area contributed by atoms with Crippen LogP contribution < -0.4 is 10.6 Å². The number of carbonyl (C=O) groups excluding carboxylic acids is 1. The number of nitrogen functional groups attached to an aromatic ring is 1. The van der Waals surface area contributed by atoms with Crippen LogP contribution in [0, 0.1) is 0 Å². The predicted octanol–water partition coefficient (Wildman–Crippen LogP) is 3.05. The van der Waals surface area contributed by atoms with E-state index in [1.807, 2.05) is 35.2 Å². The van der Waals surface area contributed by atoms with Crippen LogP contribution >= 0.6 is 11.8 Å². The van der Waals surface area contributed by atoms with E-state index in [9.17, 15) is 4.79 Å². The molecule has 0 saturated heterocycles. The SMILES string of the molecule is Nc1ccc2c(c1)N(C(=O)C1CSc3ccccc31)CC2. The summed E-state index contributed by atoms with van der Waals surface area (Å²) in [7, 11) is 0. The molecule has 3 nitrogen and oxygen atoms in total. The van der Waals surface area contributed by atoms with E-state index in [0.29, 0.717) is 0 Å². The van der Waals surface area contributed by atoms with Gasteiger partial charge in [-0.15, -0.1) is 11.8 Å². The highest BCUT2D eigenvalue weighted by Crippen LogP contribution is 2.42. The van der Waals surface area contributed by atoms with Crippen LogP contribution in [-0.2, 0) is 11.2 Å². The van der Waals surface area contributed by atoms with Gasteiger partial charge in [-0.2, -0.15) is 0 Å². The minimum absolute atomic E-state index is 0.0291. The largest absolute Gasteiger partial charge is 0.399 e. The van der Waals surface area contributed by atoms with Crippen molar-refractivity contribution in [2.75, 3.05) is 22.9 Å². The number of anilines is 2. The zero-order chi connectivity index (χ0) is 14.4. The Labute approximate surface area is 128 Å². The lowest BCUT2D eigenvalue weighted by Gasteiger charge is -2.21. The van der Waals surface area contributed by atoms with Crippen molar-refractivity contribution in [1.29, 1.82) is 0 Å². The van der Waals surface area contributed by atoms with Crippen LogP contribution in [0.2, 0.25) is 0 Å². The average Bonchev–Trinajstić information content (AvgIpc) is 3.10. The molecule has 2 aliphatic rings. The van der Waals surface area contributed by atoms with Gasteiger partial charge in [-0.25, -0.2) is 0 Å². The first-order valence-electron chi connectivity index (χ1n) is 7.15. The fraction of sp³-hybridized carbons (Fsp3) is 0.235. The van der Waals surface area contributed by atoms with Crippen molar-refractivity contribution in [3.63, 3.8) is 0 Å². The summed E-state index contributed by atoms with van der Waals surface area (Å²) in [6, 6.07) is 14.1. The Morgan fingerprint density at radius 1 is 1.24 bits per heavy atom. The van der Waals surface area contributed by atoms with Crippen LogP contribution in [-0.4, -0.2) is 18.2 Å². The summed E-state index contributed by atoms with van der Waals surface area (Å²) in [4.78, 5) is 16.1. The van der Waals surface area contributed by atoms with E-state index in [1.54, 1.807) is 11.8 Å². The minimum Gasteiger partial charge on any atom is -0.399 e. The molecule has 2 aromatic carbocycles. The van der Waals surface area contributed by atoms with Gasteiger partial charge in [0.25, 0.3) is 0 Å². The third kappa shape index (κ3) is 2.02. The normalized spacial score (nSPS) is 19.4. The van der Waals surface area contributed by atoms with Crippen molar-refractivity contribution < 1.29 is 4.79 Å². The van der Waals surface area contributed by atoms with Crippen LogP contribution in [0.25, 0.3) is 0 Å². The van der Waals surface area contributed by atoms with Gasteiger partial charge in [0.15, 0.2) is 0 Å². The molecule has 0 bridgehead atoms. The highest BCUT2D eigenvalue weighted by molar-refractivity contribution is 7.99. The molecule has 4 heteroatoms. The van der Waals surface area contributed by atoms with Gasteiger partial charge in [-0.05, 0) is 35.7 Å². The molecule has 2 N–H and O–H groups in total. The third-order valence-electron chi connectivity index (χ3n) is 4.27. The molecule has 0 aromatic heterocycles. The van der Waals surface area contributed by atoms with Crippen molar-refractivity contribution in [3.05, 3.63) is 53.6 Å². The van der Waals surface area contributed by atoms with Crippen LogP contribution in [0.3, 0.4) is 0 Å². The molecular weight excluding hydrogens is 280 g/mol. The number of nitrogens with two attached hydrogens (primary N) is 1. The highest BCUT2D eigenvalue weighted by Gasteiger charge is 2.35. The number of hydrogen-bond acceptors (Lipinski definition) is 3. The van der Waals surface area contributed by atoms with Gasteiger partial charge in [-0.3, -0.25) is 4.79 Å². The first-order chi connectivity index (χ1) is 10.2. The zero-order valence-corrected chi connectivity index (χ0v) is 12.4. The van der Waals surface area contributed by atoms with Crippen LogP contribution in [0.5, 0.6) is 0 Å². The molecule has 2 aliphatic heterocycles. The molecule has 1 atom stereocenters. The lowest BCUT2D eigenvalue weighted by Crippen LogP contribution is -2.33. The van der Waals surface area contributed by atoms with Crippen LogP contribution in [0.1, 0.15) is 17.0 Å². The van der Waals surface area contributed by atoms with Gasteiger partial charge in [0.1, 0.15) is 0 Å². The smallest absolute Gasteiger partial charge is 0.235 e. The molecule has 0 aliphatic carbocycles. The Bertz CT molecular complexity index is 728. The van der Waals surface area contributed by atoms with Crippen molar-refractivity contribution in [3.8, 4) is 0 Å². The molecule has 1 amide bonds. The Balaban J connectivity index is 1.68. The van der Waals surface area contributed by atoms with Crippen molar-refractivity contribution >= 4 is 29.0 Å². The Morgan fingerprint density at radius 2 is 2.10 bits per heavy atom. The maximum atomic E-state index is 13.0. The van der Waals surface area contributed by atoms with Crippen molar-refractivity contribution in [2.45, 2.75) is 17.2 Å². The fourth-order valence-corrected chi connectivity index (χ4v) is 4.40. The summed E-state index contributed by atoms with van der Waals surface area (Å²) < 4.78 is 0. The lowest BCUT2D eigenvalue weighted by atomic mass is 10.00. The van der Waals surface area contributed by atoms with Gasteiger partial charge in [0.05, 0.1) is 5.92 Å². The number of fused-ring (bicyclic) bond motifs is 2. The number of carbonyl (C=O) groups is 1. The molecular formula is C17H16N2OS. The average molecular weight is 296 g/mol. The van der Waals surface area contributed by atoms with E-state index in [2.05, 4.69) is 12.1 Å². The zero-order valence-electron chi connectivity index (χ0n) is 11.6. The third-order valence-corrected chi connectivity index (χ3v) is 5.45. The lowest BCUT2D eigenvalue weighted by molar-refractivity contribution is -0.119. The van der Waals surface area contributed by atoms with Gasteiger partial charge in [0, 0.05) is 28.6 Å². The molecule has 0 radical (unpaired) electrons. The second-order valence-corrected chi connectivity index (χ2v) is 6.59. The van der Waals surface area contributed by atoms with E-state index >= 15 is 0 Å². The van der Waals surface area contributed by atoms with Crippen LogP contribution in [0.15, 0.2) is 47.4 Å². The van der Waals surface area contributed by atoms with E-state index in [0.717, 1.165) is 30.1 Å². The maximum absolute atomic E-state index is 13.0. The summed E-state index contributed by atoms with van der Waals surface area (Å²) in [5.74, 6) is 1.02. The van der Waals surface area contributed by atoms with Gasteiger partial charge >= 0.3 is 0 Å². The molecule has 21 heavy (non-hydrogen) atoms. The number of nitrogens with zero attached hydrogens (tertiary/aromatic N) is 1. The number of thioether (sulfide) groups is 1. The summed E-state index contributed by atoms with van der Waals surface area (Å²) in [6.07, 6.45) is 0.920. The minimum atomic E-state index is -0.0291. The van der Waals surface area contributed by atoms with Gasteiger partial charge in [0.2, 0.25) is 5.91 Å². The monoisotopic (exact) mass is 296 g/mol. The van der Waals surface area contributed by atoms with E-state index < -0.39 is 0 Å². The molecule has 4 rings (SSSR count). The second-order valence-electron chi connectivity index (χ2n) is 5.53. The standard InChI is InChI=1S/C17H16N2OS/c18-12-6-5-11-7-8-19(15(11)9-12)17(20)14-10-21-16-4-2-1-3-13(14)16/h1-6,9,14H,7-8,10,18H2. The van der Waals surface area contributed by atoms with E-state index in [-0.39, 0.29) is 11.8 Å². The fourth-order valence-electron chi connectivity index (χ4n) is 3.18. The number of rotatable bonds is 1. The maximum Gasteiger partial charge on any atom is 0.235 e. The van der Waals surface area contributed by atoms with Crippen molar-refractivity contribution in [1.82, 2.24) is 0 Å². The van der Waals surface area contributed by atoms with E-state index in [4.69, 9.17) is 5.73 Å². The number of amides is 1. The molecule has 2 aromatic rings.